The largest absolute Gasteiger partial charge is 0.343 e. The Morgan fingerprint density at radius 1 is 1.42 bits per heavy atom. The molecule has 0 unspecified atom stereocenters. The summed E-state index contributed by atoms with van der Waals surface area (Å²) in [6.07, 6.45) is 4.24. The minimum atomic E-state index is -0.343. The van der Waals surface area contributed by atoms with E-state index in [2.05, 4.69) is 27.6 Å². The average Bonchev–Trinajstić information content (AvgIpc) is 3.16. The molecule has 6 nitrogen and oxygen atoms in total. The van der Waals surface area contributed by atoms with E-state index in [-0.39, 0.29) is 16.8 Å². The number of carbonyl (C=O) groups excluding carboxylic acids is 1. The molecular weight excluding hydrogens is 324 g/mol. The van der Waals surface area contributed by atoms with Gasteiger partial charge in [0.05, 0.1) is 5.25 Å². The topological polar surface area (TPSA) is 79.8 Å². The average molecular weight is 346 g/mol. The summed E-state index contributed by atoms with van der Waals surface area (Å²) in [6.45, 7) is 4.41. The van der Waals surface area contributed by atoms with Crippen LogP contribution in [0.25, 0.3) is 0 Å². The third kappa shape index (κ3) is 3.56. The lowest BCUT2D eigenvalue weighted by Gasteiger charge is -2.13. The van der Waals surface area contributed by atoms with Crippen molar-refractivity contribution < 1.29 is 4.79 Å². The van der Waals surface area contributed by atoms with Crippen LogP contribution in [0.3, 0.4) is 0 Å². The first kappa shape index (κ1) is 16.8. The number of hydrogen-bond donors (Lipinski definition) is 2. The van der Waals surface area contributed by atoms with Crippen molar-refractivity contribution in [2.75, 3.05) is 5.32 Å². The van der Waals surface area contributed by atoms with Gasteiger partial charge >= 0.3 is 5.69 Å². The number of hydrogen-bond acceptors (Lipinski definition) is 4. The van der Waals surface area contributed by atoms with Crippen molar-refractivity contribution in [1.82, 2.24) is 14.8 Å². The van der Waals surface area contributed by atoms with Crippen molar-refractivity contribution in [3.05, 3.63) is 39.8 Å². The Morgan fingerprint density at radius 3 is 3.00 bits per heavy atom. The van der Waals surface area contributed by atoms with E-state index in [4.69, 9.17) is 0 Å². The fraction of sp³-hybridized carbons (Fsp3) is 0.471. The molecule has 7 heteroatoms. The van der Waals surface area contributed by atoms with Gasteiger partial charge in [-0.2, -0.15) is 0 Å². The number of aromatic nitrogens is 3. The maximum absolute atomic E-state index is 12.4. The highest BCUT2D eigenvalue weighted by Gasteiger charge is 2.19. The summed E-state index contributed by atoms with van der Waals surface area (Å²) >= 11 is 1.29. The van der Waals surface area contributed by atoms with E-state index in [0.717, 1.165) is 24.9 Å². The highest BCUT2D eigenvalue weighted by atomic mass is 32.2. The number of fused-ring (bicyclic) bond motifs is 1. The number of H-pyrrole nitrogens is 1. The summed E-state index contributed by atoms with van der Waals surface area (Å²) in [4.78, 5) is 24.1. The van der Waals surface area contributed by atoms with E-state index >= 15 is 0 Å². The standard InChI is InChI=1S/C17H22N4O2S/c1-3-9-21-16(23)19-20-17(21)24-11(2)15(22)18-14-8-7-12-5-4-6-13(12)10-14/h7-8,10-11H,3-6,9H2,1-2H3,(H,18,22)(H,19,23)/t11-/m0/s1. The highest BCUT2D eigenvalue weighted by Crippen LogP contribution is 2.26. The van der Waals surface area contributed by atoms with Crippen molar-refractivity contribution in [1.29, 1.82) is 0 Å². The number of aromatic amines is 1. The first-order chi connectivity index (χ1) is 11.6. The predicted octanol–water partition coefficient (Wildman–Crippen LogP) is 2.59. The summed E-state index contributed by atoms with van der Waals surface area (Å²) in [6, 6.07) is 6.13. The molecule has 0 bridgehead atoms. The molecule has 1 aliphatic rings. The Morgan fingerprint density at radius 2 is 2.21 bits per heavy atom. The second-order valence-corrected chi connectivity index (χ2v) is 7.36. The number of carbonyl (C=O) groups is 1. The second kappa shape index (κ2) is 7.25. The zero-order chi connectivity index (χ0) is 17.1. The monoisotopic (exact) mass is 346 g/mol. The first-order valence-electron chi connectivity index (χ1n) is 8.33. The Kier molecular flexibility index (Phi) is 5.08. The van der Waals surface area contributed by atoms with Gasteiger partial charge in [-0.15, -0.1) is 5.10 Å². The number of aryl methyl sites for hydroxylation is 2. The SMILES string of the molecule is CCCn1c(S[C@@H](C)C(=O)Nc2ccc3c(c2)CCC3)n[nH]c1=O. The number of amides is 1. The van der Waals surface area contributed by atoms with Crippen LogP contribution >= 0.6 is 11.8 Å². The molecule has 0 aliphatic heterocycles. The summed E-state index contributed by atoms with van der Waals surface area (Å²) < 4.78 is 1.57. The van der Waals surface area contributed by atoms with Crippen LogP contribution in [0.1, 0.15) is 37.8 Å². The Balaban J connectivity index is 1.66. The molecule has 0 saturated heterocycles. The molecule has 0 fully saturated rings. The van der Waals surface area contributed by atoms with Crippen LogP contribution in [0.15, 0.2) is 28.2 Å². The van der Waals surface area contributed by atoms with Gasteiger partial charge in [0.15, 0.2) is 5.16 Å². The van der Waals surface area contributed by atoms with Crippen LogP contribution in [-0.4, -0.2) is 25.9 Å². The summed E-state index contributed by atoms with van der Waals surface area (Å²) in [5.74, 6) is -0.0866. The minimum Gasteiger partial charge on any atom is -0.325 e. The molecule has 3 rings (SSSR count). The molecule has 0 spiro atoms. The lowest BCUT2D eigenvalue weighted by Crippen LogP contribution is -2.24. The Hall–Kier alpha value is -2.02. The molecule has 128 valence electrons. The van der Waals surface area contributed by atoms with Crippen molar-refractivity contribution in [2.45, 2.75) is 56.5 Å². The van der Waals surface area contributed by atoms with Gasteiger partial charge in [0.2, 0.25) is 5.91 Å². The van der Waals surface area contributed by atoms with E-state index in [0.29, 0.717) is 11.7 Å². The van der Waals surface area contributed by atoms with Gasteiger partial charge in [0, 0.05) is 12.2 Å². The van der Waals surface area contributed by atoms with Crippen molar-refractivity contribution in [2.24, 2.45) is 0 Å². The van der Waals surface area contributed by atoms with Crippen LogP contribution < -0.4 is 11.0 Å². The van der Waals surface area contributed by atoms with Crippen LogP contribution in [-0.2, 0) is 24.2 Å². The maximum Gasteiger partial charge on any atom is 0.343 e. The predicted molar refractivity (Wildman–Crippen MR) is 95.6 cm³/mol. The number of anilines is 1. The Labute approximate surface area is 145 Å². The number of rotatable bonds is 6. The molecule has 1 aliphatic carbocycles. The van der Waals surface area contributed by atoms with Crippen LogP contribution in [0.4, 0.5) is 5.69 Å². The van der Waals surface area contributed by atoms with Crippen molar-refractivity contribution >= 4 is 23.4 Å². The van der Waals surface area contributed by atoms with Gasteiger partial charge in [-0.25, -0.2) is 9.89 Å². The normalized spacial score (nSPS) is 14.4. The van der Waals surface area contributed by atoms with Crippen LogP contribution in [0.2, 0.25) is 0 Å². The first-order valence-corrected chi connectivity index (χ1v) is 9.21. The van der Waals surface area contributed by atoms with E-state index in [9.17, 15) is 9.59 Å². The molecule has 2 N–H and O–H groups in total. The van der Waals surface area contributed by atoms with Gasteiger partial charge in [-0.3, -0.25) is 9.36 Å². The van der Waals surface area contributed by atoms with E-state index < -0.39 is 0 Å². The van der Waals surface area contributed by atoms with Gasteiger partial charge in [-0.1, -0.05) is 24.8 Å². The molecule has 24 heavy (non-hydrogen) atoms. The van der Waals surface area contributed by atoms with Gasteiger partial charge in [0.25, 0.3) is 0 Å². The van der Waals surface area contributed by atoms with Crippen molar-refractivity contribution in [3.63, 3.8) is 0 Å². The fourth-order valence-electron chi connectivity index (χ4n) is 2.92. The van der Waals surface area contributed by atoms with Gasteiger partial charge < -0.3 is 5.32 Å². The molecule has 1 atom stereocenters. The quantitative estimate of drug-likeness (QED) is 0.788. The molecule has 0 saturated carbocycles. The summed E-state index contributed by atoms with van der Waals surface area (Å²) in [5, 5.41) is 9.64. The zero-order valence-electron chi connectivity index (χ0n) is 14.0. The maximum atomic E-state index is 12.4. The molecule has 2 aromatic rings. The molecule has 1 amide bonds. The Bertz CT molecular complexity index is 796. The highest BCUT2D eigenvalue weighted by molar-refractivity contribution is 8.00. The fourth-order valence-corrected chi connectivity index (χ4v) is 3.80. The second-order valence-electron chi connectivity index (χ2n) is 6.05. The lowest BCUT2D eigenvalue weighted by molar-refractivity contribution is -0.115. The molecular formula is C17H22N4O2S. The summed E-state index contributed by atoms with van der Waals surface area (Å²) in [5.41, 5.74) is 3.32. The third-order valence-electron chi connectivity index (χ3n) is 4.19. The van der Waals surface area contributed by atoms with E-state index in [1.165, 1.54) is 29.3 Å². The number of benzene rings is 1. The van der Waals surface area contributed by atoms with Gasteiger partial charge in [-0.05, 0) is 55.9 Å². The van der Waals surface area contributed by atoms with Crippen molar-refractivity contribution in [3.8, 4) is 0 Å². The molecule has 1 aromatic carbocycles. The van der Waals surface area contributed by atoms with Crippen LogP contribution in [0.5, 0.6) is 0 Å². The van der Waals surface area contributed by atoms with E-state index in [1.807, 2.05) is 19.9 Å². The minimum absolute atomic E-state index is 0.0866. The van der Waals surface area contributed by atoms with Crippen LogP contribution in [0, 0.1) is 0 Å². The van der Waals surface area contributed by atoms with E-state index in [1.54, 1.807) is 4.57 Å². The lowest BCUT2D eigenvalue weighted by atomic mass is 10.1. The molecule has 1 heterocycles. The number of thioether (sulfide) groups is 1. The zero-order valence-corrected chi connectivity index (χ0v) is 14.8. The third-order valence-corrected chi connectivity index (χ3v) is 5.28. The number of nitrogens with one attached hydrogen (secondary N) is 2. The number of nitrogens with zero attached hydrogens (tertiary/aromatic N) is 2. The summed E-state index contributed by atoms with van der Waals surface area (Å²) in [7, 11) is 0. The van der Waals surface area contributed by atoms with Gasteiger partial charge in [0.1, 0.15) is 0 Å². The molecule has 0 radical (unpaired) electrons. The molecule has 1 aromatic heterocycles. The smallest absolute Gasteiger partial charge is 0.325 e.